The molecule has 2 amide bonds. The Labute approximate surface area is 145 Å². The van der Waals surface area contributed by atoms with Gasteiger partial charge in [-0.25, -0.2) is 9.78 Å². The smallest absolute Gasteiger partial charge is 0.317 e. The predicted molar refractivity (Wildman–Crippen MR) is 93.8 cm³/mol. The number of thiophene rings is 1. The fourth-order valence-corrected chi connectivity index (χ4v) is 3.62. The van der Waals surface area contributed by atoms with Crippen LogP contribution in [0.2, 0.25) is 0 Å². The van der Waals surface area contributed by atoms with E-state index in [1.54, 1.807) is 29.7 Å². The summed E-state index contributed by atoms with van der Waals surface area (Å²) in [5, 5.41) is 19.2. The molecule has 0 saturated carbocycles. The van der Waals surface area contributed by atoms with E-state index in [9.17, 15) is 4.79 Å². The number of nitriles is 1. The number of urea groups is 1. The number of hydrogen-bond donors (Lipinski definition) is 2. The number of hydrogen-bond acceptors (Lipinski definition) is 5. The van der Waals surface area contributed by atoms with Crippen LogP contribution in [0.15, 0.2) is 35.2 Å². The van der Waals surface area contributed by atoms with Gasteiger partial charge in [0.25, 0.3) is 0 Å². The van der Waals surface area contributed by atoms with E-state index in [4.69, 9.17) is 5.26 Å². The molecule has 0 aliphatic carbocycles. The van der Waals surface area contributed by atoms with Crippen molar-refractivity contribution >= 4 is 23.2 Å². The zero-order chi connectivity index (χ0) is 16.8. The van der Waals surface area contributed by atoms with E-state index in [-0.39, 0.29) is 12.1 Å². The first-order valence-corrected chi connectivity index (χ1v) is 8.89. The highest BCUT2D eigenvalue weighted by Gasteiger charge is 2.29. The van der Waals surface area contributed by atoms with Crippen molar-refractivity contribution in [3.05, 3.63) is 46.3 Å². The molecule has 0 spiro atoms. The van der Waals surface area contributed by atoms with E-state index in [0.29, 0.717) is 24.5 Å². The third-order valence-electron chi connectivity index (χ3n) is 4.06. The Bertz CT molecular complexity index is 725. The Morgan fingerprint density at radius 1 is 1.46 bits per heavy atom. The number of likely N-dealkylation sites (tertiary alicyclic amines) is 1. The van der Waals surface area contributed by atoms with E-state index in [1.165, 1.54) is 5.56 Å². The molecule has 1 unspecified atom stereocenters. The number of nitrogens with one attached hydrogen (secondary N) is 2. The topological polar surface area (TPSA) is 81.0 Å². The average molecular weight is 341 g/mol. The number of carbonyl (C=O) groups is 1. The molecule has 6 nitrogen and oxygen atoms in total. The summed E-state index contributed by atoms with van der Waals surface area (Å²) in [6.07, 6.45) is 3.69. The van der Waals surface area contributed by atoms with Crippen LogP contribution in [-0.2, 0) is 0 Å². The van der Waals surface area contributed by atoms with Gasteiger partial charge in [0.1, 0.15) is 11.9 Å². The van der Waals surface area contributed by atoms with Crippen molar-refractivity contribution in [3.8, 4) is 6.07 Å². The minimum Gasteiger partial charge on any atom is -0.367 e. The zero-order valence-corrected chi connectivity index (χ0v) is 14.1. The first-order valence-electron chi connectivity index (χ1n) is 7.95. The highest BCUT2D eigenvalue weighted by atomic mass is 32.1. The van der Waals surface area contributed by atoms with E-state index < -0.39 is 0 Å². The van der Waals surface area contributed by atoms with Crippen LogP contribution >= 0.6 is 11.3 Å². The van der Waals surface area contributed by atoms with Gasteiger partial charge in [-0.15, -0.1) is 0 Å². The number of pyridine rings is 1. The summed E-state index contributed by atoms with van der Waals surface area (Å²) in [4.78, 5) is 18.4. The summed E-state index contributed by atoms with van der Waals surface area (Å²) in [6.45, 7) is 1.79. The van der Waals surface area contributed by atoms with Gasteiger partial charge in [-0.1, -0.05) is 0 Å². The average Bonchev–Trinajstić information content (AvgIpc) is 3.29. The fourth-order valence-electron chi connectivity index (χ4n) is 2.91. The molecule has 3 heterocycles. The van der Waals surface area contributed by atoms with Crippen LogP contribution in [0, 0.1) is 11.3 Å². The molecule has 2 N–H and O–H groups in total. The Morgan fingerprint density at radius 2 is 2.38 bits per heavy atom. The lowest BCUT2D eigenvalue weighted by atomic mass is 10.1. The number of rotatable bonds is 5. The number of carbonyl (C=O) groups excluding carboxylic acids is 1. The van der Waals surface area contributed by atoms with Crippen molar-refractivity contribution < 1.29 is 4.79 Å². The molecule has 2 aromatic rings. The summed E-state index contributed by atoms with van der Waals surface area (Å²) in [7, 11) is 0. The van der Waals surface area contributed by atoms with Crippen molar-refractivity contribution in [2.75, 3.05) is 25.0 Å². The SMILES string of the molecule is N#Cc1cccnc1NCCNC(=O)N1CCCC1c1ccsc1. The largest absolute Gasteiger partial charge is 0.367 e. The van der Waals surface area contributed by atoms with Crippen molar-refractivity contribution in [1.29, 1.82) is 5.26 Å². The quantitative estimate of drug-likeness (QED) is 0.819. The van der Waals surface area contributed by atoms with Gasteiger partial charge in [0.15, 0.2) is 0 Å². The highest BCUT2D eigenvalue weighted by Crippen LogP contribution is 2.32. The minimum atomic E-state index is -0.0352. The third-order valence-corrected chi connectivity index (χ3v) is 4.76. The molecule has 3 rings (SSSR count). The van der Waals surface area contributed by atoms with Crippen LogP contribution in [0.5, 0.6) is 0 Å². The molecule has 0 bridgehead atoms. The molecule has 0 aromatic carbocycles. The standard InChI is InChI=1S/C17H19N5OS/c18-11-13-3-1-6-19-16(13)20-7-8-21-17(23)22-9-2-4-15(22)14-5-10-24-12-14/h1,3,5-6,10,12,15H,2,4,7-9H2,(H,19,20)(H,21,23). The number of nitrogens with zero attached hydrogens (tertiary/aromatic N) is 3. The van der Waals surface area contributed by atoms with Gasteiger partial charge in [-0.3, -0.25) is 0 Å². The van der Waals surface area contributed by atoms with Crippen molar-refractivity contribution in [2.45, 2.75) is 18.9 Å². The van der Waals surface area contributed by atoms with E-state index >= 15 is 0 Å². The number of amides is 2. The maximum absolute atomic E-state index is 12.4. The van der Waals surface area contributed by atoms with Crippen LogP contribution in [0.1, 0.15) is 30.0 Å². The molecule has 1 saturated heterocycles. The molecule has 0 radical (unpaired) electrons. The van der Waals surface area contributed by atoms with E-state index in [1.807, 2.05) is 10.3 Å². The molecule has 1 aliphatic rings. The normalized spacial score (nSPS) is 16.6. The molecular weight excluding hydrogens is 322 g/mol. The van der Waals surface area contributed by atoms with Gasteiger partial charge in [0, 0.05) is 25.8 Å². The Hall–Kier alpha value is -2.59. The van der Waals surface area contributed by atoms with Gasteiger partial charge in [0.2, 0.25) is 0 Å². The molecule has 7 heteroatoms. The lowest BCUT2D eigenvalue weighted by Gasteiger charge is -2.24. The fraction of sp³-hybridized carbons (Fsp3) is 0.353. The summed E-state index contributed by atoms with van der Waals surface area (Å²) >= 11 is 1.66. The van der Waals surface area contributed by atoms with Gasteiger partial charge in [0.05, 0.1) is 11.6 Å². The van der Waals surface area contributed by atoms with Gasteiger partial charge >= 0.3 is 6.03 Å². The molecule has 2 aromatic heterocycles. The molecule has 1 aliphatic heterocycles. The second kappa shape index (κ2) is 7.79. The molecule has 1 fully saturated rings. The lowest BCUT2D eigenvalue weighted by Crippen LogP contribution is -2.41. The van der Waals surface area contributed by atoms with Gasteiger partial charge < -0.3 is 15.5 Å². The monoisotopic (exact) mass is 341 g/mol. The van der Waals surface area contributed by atoms with Crippen molar-refractivity contribution in [1.82, 2.24) is 15.2 Å². The number of anilines is 1. The molecule has 124 valence electrons. The minimum absolute atomic E-state index is 0.0352. The summed E-state index contributed by atoms with van der Waals surface area (Å²) in [5.41, 5.74) is 1.72. The summed E-state index contributed by atoms with van der Waals surface area (Å²) in [6, 6.07) is 7.77. The molecule has 24 heavy (non-hydrogen) atoms. The second-order valence-corrected chi connectivity index (χ2v) is 6.36. The predicted octanol–water partition coefficient (Wildman–Crippen LogP) is 2.97. The summed E-state index contributed by atoms with van der Waals surface area (Å²) < 4.78 is 0. The van der Waals surface area contributed by atoms with E-state index in [0.717, 1.165) is 19.4 Å². The number of aromatic nitrogens is 1. The van der Waals surface area contributed by atoms with Gasteiger partial charge in [-0.05, 0) is 47.4 Å². The Morgan fingerprint density at radius 3 is 3.17 bits per heavy atom. The first-order chi connectivity index (χ1) is 11.8. The van der Waals surface area contributed by atoms with Crippen LogP contribution in [-0.4, -0.2) is 35.5 Å². The van der Waals surface area contributed by atoms with Crippen molar-refractivity contribution in [3.63, 3.8) is 0 Å². The highest BCUT2D eigenvalue weighted by molar-refractivity contribution is 7.07. The first kappa shape index (κ1) is 16.3. The third kappa shape index (κ3) is 3.66. The molecule has 1 atom stereocenters. The lowest BCUT2D eigenvalue weighted by molar-refractivity contribution is 0.193. The Kier molecular flexibility index (Phi) is 5.29. The van der Waals surface area contributed by atoms with Crippen LogP contribution < -0.4 is 10.6 Å². The second-order valence-electron chi connectivity index (χ2n) is 5.58. The summed E-state index contributed by atoms with van der Waals surface area (Å²) in [5.74, 6) is 0.548. The van der Waals surface area contributed by atoms with Gasteiger partial charge in [-0.2, -0.15) is 16.6 Å². The maximum Gasteiger partial charge on any atom is 0.317 e. The van der Waals surface area contributed by atoms with Crippen LogP contribution in [0.25, 0.3) is 0 Å². The maximum atomic E-state index is 12.4. The zero-order valence-electron chi connectivity index (χ0n) is 13.2. The van der Waals surface area contributed by atoms with Crippen LogP contribution in [0.3, 0.4) is 0 Å². The van der Waals surface area contributed by atoms with Crippen molar-refractivity contribution in [2.24, 2.45) is 0 Å². The molecular formula is C17H19N5OS. The Balaban J connectivity index is 1.48. The van der Waals surface area contributed by atoms with Crippen LogP contribution in [0.4, 0.5) is 10.6 Å². The van der Waals surface area contributed by atoms with E-state index in [2.05, 4.69) is 33.1 Å².